The lowest BCUT2D eigenvalue weighted by molar-refractivity contribution is 0.114. The van der Waals surface area contributed by atoms with Crippen molar-refractivity contribution in [2.75, 3.05) is 26.7 Å². The molecule has 0 aliphatic carbocycles. The molecule has 0 amide bonds. The van der Waals surface area contributed by atoms with Crippen molar-refractivity contribution >= 4 is 21.9 Å². The van der Waals surface area contributed by atoms with Crippen molar-refractivity contribution in [2.45, 2.75) is 25.4 Å². The van der Waals surface area contributed by atoms with E-state index in [-0.39, 0.29) is 11.9 Å². The molecule has 4 nitrogen and oxygen atoms in total. The number of rotatable bonds is 5. The first-order valence-electron chi connectivity index (χ1n) is 7.19. The highest BCUT2D eigenvalue weighted by molar-refractivity contribution is 9.10. The van der Waals surface area contributed by atoms with Gasteiger partial charge in [-0.3, -0.25) is 4.99 Å². The van der Waals surface area contributed by atoms with Gasteiger partial charge in [0.1, 0.15) is 5.82 Å². The van der Waals surface area contributed by atoms with E-state index in [9.17, 15) is 4.39 Å². The van der Waals surface area contributed by atoms with Crippen LogP contribution in [0.4, 0.5) is 4.39 Å². The Balaban J connectivity index is 1.71. The van der Waals surface area contributed by atoms with Gasteiger partial charge < -0.3 is 15.4 Å². The summed E-state index contributed by atoms with van der Waals surface area (Å²) in [5, 5.41) is 6.51. The molecule has 1 aliphatic rings. The van der Waals surface area contributed by atoms with E-state index in [0.29, 0.717) is 4.47 Å². The van der Waals surface area contributed by atoms with E-state index < -0.39 is 0 Å². The molecule has 0 bridgehead atoms. The zero-order valence-electron chi connectivity index (χ0n) is 12.2. The molecule has 2 N–H and O–H groups in total. The summed E-state index contributed by atoms with van der Waals surface area (Å²) in [4.78, 5) is 4.18. The van der Waals surface area contributed by atoms with E-state index in [2.05, 4.69) is 31.6 Å². The minimum Gasteiger partial charge on any atom is -0.376 e. The minimum absolute atomic E-state index is 0.235. The molecule has 0 aromatic heterocycles. The fraction of sp³-hybridized carbons (Fsp3) is 0.533. The van der Waals surface area contributed by atoms with Gasteiger partial charge >= 0.3 is 0 Å². The molecule has 1 aromatic rings. The molecule has 2 rings (SSSR count). The van der Waals surface area contributed by atoms with Gasteiger partial charge in [-0.05, 0) is 52.9 Å². The third-order valence-corrected chi connectivity index (χ3v) is 4.04. The van der Waals surface area contributed by atoms with Crippen molar-refractivity contribution in [2.24, 2.45) is 4.99 Å². The van der Waals surface area contributed by atoms with Crippen molar-refractivity contribution in [3.05, 3.63) is 34.1 Å². The van der Waals surface area contributed by atoms with E-state index >= 15 is 0 Å². The van der Waals surface area contributed by atoms with Crippen LogP contribution in [0, 0.1) is 5.82 Å². The Kier molecular flexibility index (Phi) is 6.45. The Bertz CT molecular complexity index is 490. The number of benzene rings is 1. The van der Waals surface area contributed by atoms with E-state index in [0.717, 1.165) is 50.5 Å². The standard InChI is InChI=1S/C15H21BrFN3O/c1-18-15(20-10-12-3-2-8-21-12)19-7-6-11-4-5-14(17)13(16)9-11/h4-5,9,12H,2-3,6-8,10H2,1H3,(H2,18,19,20). The third-order valence-electron chi connectivity index (χ3n) is 3.43. The number of ether oxygens (including phenoxy) is 1. The largest absolute Gasteiger partial charge is 0.376 e. The molecule has 0 saturated carbocycles. The fourth-order valence-electron chi connectivity index (χ4n) is 2.26. The first-order valence-corrected chi connectivity index (χ1v) is 7.98. The Hall–Kier alpha value is -1.14. The van der Waals surface area contributed by atoms with Crippen molar-refractivity contribution in [1.82, 2.24) is 10.6 Å². The number of guanidine groups is 1. The van der Waals surface area contributed by atoms with Gasteiger partial charge in [-0.2, -0.15) is 0 Å². The Morgan fingerprint density at radius 1 is 1.48 bits per heavy atom. The van der Waals surface area contributed by atoms with Gasteiger partial charge in [0.15, 0.2) is 5.96 Å². The van der Waals surface area contributed by atoms with Crippen LogP contribution >= 0.6 is 15.9 Å². The van der Waals surface area contributed by atoms with Gasteiger partial charge in [0.05, 0.1) is 10.6 Å². The van der Waals surface area contributed by atoms with Crippen molar-refractivity contribution in [1.29, 1.82) is 0 Å². The van der Waals surface area contributed by atoms with Crippen LogP contribution in [0.2, 0.25) is 0 Å². The minimum atomic E-state index is -0.235. The van der Waals surface area contributed by atoms with Crippen molar-refractivity contribution in [3.63, 3.8) is 0 Å². The van der Waals surface area contributed by atoms with Gasteiger partial charge in [-0.1, -0.05) is 6.07 Å². The molecule has 1 saturated heterocycles. The zero-order valence-corrected chi connectivity index (χ0v) is 13.7. The summed E-state index contributed by atoms with van der Waals surface area (Å²) in [5.74, 6) is 0.535. The topological polar surface area (TPSA) is 45.7 Å². The average molecular weight is 358 g/mol. The Labute approximate surface area is 133 Å². The predicted octanol–water partition coefficient (Wildman–Crippen LogP) is 2.47. The molecular weight excluding hydrogens is 337 g/mol. The summed E-state index contributed by atoms with van der Waals surface area (Å²) >= 11 is 3.20. The lowest BCUT2D eigenvalue weighted by Gasteiger charge is -2.15. The first kappa shape index (κ1) is 16.2. The highest BCUT2D eigenvalue weighted by atomic mass is 79.9. The molecule has 21 heavy (non-hydrogen) atoms. The molecule has 1 fully saturated rings. The Morgan fingerprint density at radius 2 is 2.33 bits per heavy atom. The highest BCUT2D eigenvalue weighted by Crippen LogP contribution is 2.16. The fourth-order valence-corrected chi connectivity index (χ4v) is 2.68. The summed E-state index contributed by atoms with van der Waals surface area (Å²) < 4.78 is 19.2. The molecule has 0 radical (unpaired) electrons. The second-order valence-corrected chi connectivity index (χ2v) is 5.87. The van der Waals surface area contributed by atoms with Gasteiger partial charge in [-0.15, -0.1) is 0 Å². The van der Waals surface area contributed by atoms with Crippen LogP contribution in [0.3, 0.4) is 0 Å². The summed E-state index contributed by atoms with van der Waals surface area (Å²) in [6.07, 6.45) is 3.34. The van der Waals surface area contributed by atoms with E-state index in [1.54, 1.807) is 19.2 Å². The van der Waals surface area contributed by atoms with E-state index in [4.69, 9.17) is 4.74 Å². The van der Waals surface area contributed by atoms with Crippen LogP contribution in [0.5, 0.6) is 0 Å². The van der Waals surface area contributed by atoms with Crippen LogP contribution in [-0.4, -0.2) is 38.8 Å². The van der Waals surface area contributed by atoms with Crippen LogP contribution < -0.4 is 10.6 Å². The highest BCUT2D eigenvalue weighted by Gasteiger charge is 2.15. The average Bonchev–Trinajstić information content (AvgIpc) is 2.99. The van der Waals surface area contributed by atoms with Gasteiger partial charge in [0.2, 0.25) is 0 Å². The summed E-state index contributed by atoms with van der Waals surface area (Å²) in [7, 11) is 1.75. The van der Waals surface area contributed by atoms with Crippen LogP contribution in [0.25, 0.3) is 0 Å². The summed E-state index contributed by atoms with van der Waals surface area (Å²) in [6.45, 7) is 2.38. The normalized spacial score (nSPS) is 18.8. The molecule has 116 valence electrons. The maximum atomic E-state index is 13.1. The molecule has 6 heteroatoms. The lowest BCUT2D eigenvalue weighted by Crippen LogP contribution is -2.41. The molecule has 1 unspecified atom stereocenters. The van der Waals surface area contributed by atoms with Gasteiger partial charge in [-0.25, -0.2) is 4.39 Å². The quantitative estimate of drug-likeness (QED) is 0.628. The number of aliphatic imine (C=N–C) groups is 1. The molecule has 1 aliphatic heterocycles. The molecular formula is C15H21BrFN3O. The van der Waals surface area contributed by atoms with Crippen LogP contribution in [-0.2, 0) is 11.2 Å². The Morgan fingerprint density at radius 3 is 3.00 bits per heavy atom. The number of nitrogens with zero attached hydrogens (tertiary/aromatic N) is 1. The summed E-state index contributed by atoms with van der Waals surface area (Å²) in [5.41, 5.74) is 1.07. The van der Waals surface area contributed by atoms with E-state index in [1.807, 2.05) is 0 Å². The monoisotopic (exact) mass is 357 g/mol. The van der Waals surface area contributed by atoms with Crippen molar-refractivity contribution < 1.29 is 9.13 Å². The zero-order chi connectivity index (χ0) is 15.1. The van der Waals surface area contributed by atoms with Crippen LogP contribution in [0.1, 0.15) is 18.4 Å². The number of halogens is 2. The molecule has 1 atom stereocenters. The van der Waals surface area contributed by atoms with Crippen molar-refractivity contribution in [3.8, 4) is 0 Å². The second-order valence-electron chi connectivity index (χ2n) is 5.01. The maximum absolute atomic E-state index is 13.1. The summed E-state index contributed by atoms with van der Waals surface area (Å²) in [6, 6.07) is 5.08. The molecule has 1 heterocycles. The lowest BCUT2D eigenvalue weighted by atomic mass is 10.1. The number of hydrogen-bond donors (Lipinski definition) is 2. The van der Waals surface area contributed by atoms with Gasteiger partial charge in [0, 0.05) is 26.7 Å². The van der Waals surface area contributed by atoms with Crippen LogP contribution in [0.15, 0.2) is 27.7 Å². The third kappa shape index (κ3) is 5.28. The molecule has 1 aromatic carbocycles. The number of hydrogen-bond acceptors (Lipinski definition) is 2. The van der Waals surface area contributed by atoms with E-state index in [1.165, 1.54) is 6.07 Å². The SMILES string of the molecule is CN=C(NCCc1ccc(F)c(Br)c1)NCC1CCCO1. The second kappa shape index (κ2) is 8.34. The maximum Gasteiger partial charge on any atom is 0.191 e. The number of nitrogens with one attached hydrogen (secondary N) is 2. The predicted molar refractivity (Wildman–Crippen MR) is 86.1 cm³/mol. The molecule has 0 spiro atoms. The smallest absolute Gasteiger partial charge is 0.191 e. The first-order chi connectivity index (χ1) is 10.2. The van der Waals surface area contributed by atoms with Gasteiger partial charge in [0.25, 0.3) is 0 Å².